The first-order valence-electron chi connectivity index (χ1n) is 9.11. The van der Waals surface area contributed by atoms with E-state index in [-0.39, 0.29) is 18.0 Å². The molecule has 0 radical (unpaired) electrons. The fourth-order valence-corrected chi connectivity index (χ4v) is 5.27. The van der Waals surface area contributed by atoms with Gasteiger partial charge in [0.05, 0.1) is 35.8 Å². The van der Waals surface area contributed by atoms with Gasteiger partial charge >= 0.3 is 0 Å². The Kier molecular flexibility index (Phi) is 5.41. The standard InChI is InChI=1S/C17H28N4O4S/c1-17(2,3)21-12-14(11-18-21)16(22)19-6-4-5-15(13-19)26(23,24)20-7-9-25-10-8-20/h11-12,15H,4-10,13H2,1-3H3/t15-/m0/s1. The average Bonchev–Trinajstić information content (AvgIpc) is 3.12. The first kappa shape index (κ1) is 19.3. The number of hydrogen-bond acceptors (Lipinski definition) is 5. The summed E-state index contributed by atoms with van der Waals surface area (Å²) in [7, 11) is -3.41. The number of sulfonamides is 1. The number of ether oxygens (including phenoxy) is 1. The molecule has 3 heterocycles. The molecule has 1 amide bonds. The molecule has 2 aliphatic rings. The minimum Gasteiger partial charge on any atom is -0.379 e. The minimum atomic E-state index is -3.41. The lowest BCUT2D eigenvalue weighted by Gasteiger charge is -2.36. The Balaban J connectivity index is 1.71. The molecule has 146 valence electrons. The molecule has 2 fully saturated rings. The van der Waals surface area contributed by atoms with Crippen molar-refractivity contribution in [3.8, 4) is 0 Å². The Morgan fingerprint density at radius 1 is 1.23 bits per heavy atom. The van der Waals surface area contributed by atoms with E-state index in [1.54, 1.807) is 22.0 Å². The van der Waals surface area contributed by atoms with Gasteiger partial charge in [-0.1, -0.05) is 0 Å². The Hall–Kier alpha value is -1.45. The van der Waals surface area contributed by atoms with Crippen LogP contribution in [-0.2, 0) is 20.3 Å². The first-order valence-corrected chi connectivity index (χ1v) is 10.6. The molecule has 1 atom stereocenters. The molecular weight excluding hydrogens is 356 g/mol. The first-order chi connectivity index (χ1) is 12.2. The maximum Gasteiger partial charge on any atom is 0.257 e. The number of likely N-dealkylation sites (tertiary alicyclic amines) is 1. The highest BCUT2D eigenvalue weighted by Crippen LogP contribution is 2.23. The van der Waals surface area contributed by atoms with Gasteiger partial charge in [0.15, 0.2) is 0 Å². The van der Waals surface area contributed by atoms with Crippen LogP contribution in [0, 0.1) is 0 Å². The van der Waals surface area contributed by atoms with Crippen LogP contribution in [0.15, 0.2) is 12.4 Å². The van der Waals surface area contributed by atoms with Crippen LogP contribution in [0.3, 0.4) is 0 Å². The SMILES string of the molecule is CC(C)(C)n1cc(C(=O)N2CCC[C@H](S(=O)(=O)N3CCOCC3)C2)cn1. The molecule has 26 heavy (non-hydrogen) atoms. The number of hydrogen-bond donors (Lipinski definition) is 0. The van der Waals surface area contributed by atoms with Gasteiger partial charge in [-0.05, 0) is 33.6 Å². The molecule has 1 aromatic heterocycles. The lowest BCUT2D eigenvalue weighted by Crippen LogP contribution is -2.51. The van der Waals surface area contributed by atoms with Gasteiger partial charge in [-0.3, -0.25) is 9.48 Å². The third-order valence-electron chi connectivity index (χ3n) is 4.93. The van der Waals surface area contributed by atoms with Crippen LogP contribution in [0.5, 0.6) is 0 Å². The number of morpholine rings is 1. The second-order valence-corrected chi connectivity index (χ2v) is 10.1. The molecule has 8 nitrogen and oxygen atoms in total. The van der Waals surface area contributed by atoms with Crippen LogP contribution in [-0.4, -0.2) is 78.0 Å². The maximum absolute atomic E-state index is 12.9. The van der Waals surface area contributed by atoms with Crippen LogP contribution in [0.4, 0.5) is 0 Å². The Labute approximate surface area is 155 Å². The van der Waals surface area contributed by atoms with Crippen molar-refractivity contribution in [2.75, 3.05) is 39.4 Å². The van der Waals surface area contributed by atoms with Crippen molar-refractivity contribution in [3.63, 3.8) is 0 Å². The largest absolute Gasteiger partial charge is 0.379 e. The molecule has 0 bridgehead atoms. The smallest absolute Gasteiger partial charge is 0.257 e. The predicted molar refractivity (Wildman–Crippen MR) is 97.5 cm³/mol. The van der Waals surface area contributed by atoms with E-state index < -0.39 is 15.3 Å². The number of rotatable bonds is 3. The van der Waals surface area contributed by atoms with Gasteiger partial charge in [-0.15, -0.1) is 0 Å². The zero-order valence-corrected chi connectivity index (χ0v) is 16.5. The maximum atomic E-state index is 12.9. The van der Waals surface area contributed by atoms with Crippen LogP contribution < -0.4 is 0 Å². The van der Waals surface area contributed by atoms with Crippen molar-refractivity contribution in [2.24, 2.45) is 0 Å². The fourth-order valence-electron chi connectivity index (χ4n) is 3.36. The van der Waals surface area contributed by atoms with E-state index >= 15 is 0 Å². The molecular formula is C17H28N4O4S. The molecule has 9 heteroatoms. The third kappa shape index (κ3) is 3.94. The summed E-state index contributed by atoms with van der Waals surface area (Å²) in [5, 5.41) is 3.73. The summed E-state index contributed by atoms with van der Waals surface area (Å²) in [5.41, 5.74) is 0.298. The third-order valence-corrected chi connectivity index (χ3v) is 7.25. The number of amides is 1. The molecule has 0 unspecified atom stereocenters. The zero-order chi connectivity index (χ0) is 18.9. The number of aromatic nitrogens is 2. The molecule has 2 saturated heterocycles. The van der Waals surface area contributed by atoms with Crippen molar-refractivity contribution >= 4 is 15.9 Å². The number of nitrogens with zero attached hydrogens (tertiary/aromatic N) is 4. The van der Waals surface area contributed by atoms with E-state index in [2.05, 4.69) is 5.10 Å². The second-order valence-electron chi connectivity index (χ2n) is 7.92. The monoisotopic (exact) mass is 384 g/mol. The summed E-state index contributed by atoms with van der Waals surface area (Å²) in [4.78, 5) is 14.5. The van der Waals surface area contributed by atoms with E-state index in [0.717, 1.165) is 0 Å². The van der Waals surface area contributed by atoms with Crippen molar-refractivity contribution in [2.45, 2.75) is 44.4 Å². The van der Waals surface area contributed by atoms with Crippen molar-refractivity contribution < 1.29 is 17.9 Å². The Bertz CT molecular complexity index is 747. The highest BCUT2D eigenvalue weighted by atomic mass is 32.2. The van der Waals surface area contributed by atoms with Crippen molar-refractivity contribution in [3.05, 3.63) is 18.0 Å². The lowest BCUT2D eigenvalue weighted by atomic mass is 10.1. The molecule has 1 aromatic rings. The summed E-state index contributed by atoms with van der Waals surface area (Å²) in [6.07, 6.45) is 4.58. The van der Waals surface area contributed by atoms with Crippen molar-refractivity contribution in [1.29, 1.82) is 0 Å². The van der Waals surface area contributed by atoms with E-state index in [0.29, 0.717) is 51.3 Å². The van der Waals surface area contributed by atoms with Gasteiger partial charge in [0, 0.05) is 32.4 Å². The van der Waals surface area contributed by atoms with Gasteiger partial charge in [0.1, 0.15) is 0 Å². The highest BCUT2D eigenvalue weighted by Gasteiger charge is 2.37. The van der Waals surface area contributed by atoms with E-state index in [9.17, 15) is 13.2 Å². The number of carbonyl (C=O) groups excluding carboxylic acids is 1. The molecule has 0 saturated carbocycles. The van der Waals surface area contributed by atoms with Gasteiger partial charge in [-0.2, -0.15) is 9.40 Å². The lowest BCUT2D eigenvalue weighted by molar-refractivity contribution is 0.0685. The van der Waals surface area contributed by atoms with Crippen LogP contribution in [0.1, 0.15) is 44.0 Å². The predicted octanol–water partition coefficient (Wildman–Crippen LogP) is 0.905. The summed E-state index contributed by atoms with van der Waals surface area (Å²) in [6, 6.07) is 0. The van der Waals surface area contributed by atoms with E-state index in [4.69, 9.17) is 4.74 Å². The Morgan fingerprint density at radius 3 is 2.54 bits per heavy atom. The fraction of sp³-hybridized carbons (Fsp3) is 0.765. The second kappa shape index (κ2) is 7.28. The summed E-state index contributed by atoms with van der Waals surface area (Å²) >= 11 is 0. The van der Waals surface area contributed by atoms with Gasteiger partial charge < -0.3 is 9.64 Å². The average molecular weight is 385 g/mol. The van der Waals surface area contributed by atoms with Crippen molar-refractivity contribution in [1.82, 2.24) is 19.0 Å². The highest BCUT2D eigenvalue weighted by molar-refractivity contribution is 7.89. The molecule has 0 aliphatic carbocycles. The van der Waals surface area contributed by atoms with E-state index in [1.807, 2.05) is 20.8 Å². The van der Waals surface area contributed by atoms with Gasteiger partial charge in [0.2, 0.25) is 10.0 Å². The summed E-state index contributed by atoms with van der Waals surface area (Å²) in [5.74, 6) is -0.151. The molecule has 0 N–H and O–H groups in total. The zero-order valence-electron chi connectivity index (χ0n) is 15.7. The van der Waals surface area contributed by atoms with Crippen LogP contribution >= 0.6 is 0 Å². The van der Waals surface area contributed by atoms with Gasteiger partial charge in [0.25, 0.3) is 5.91 Å². The quantitative estimate of drug-likeness (QED) is 0.773. The van der Waals surface area contributed by atoms with Gasteiger partial charge in [-0.25, -0.2) is 8.42 Å². The normalized spacial score (nSPS) is 23.2. The summed E-state index contributed by atoms with van der Waals surface area (Å²) in [6.45, 7) is 8.51. The topological polar surface area (TPSA) is 84.7 Å². The summed E-state index contributed by atoms with van der Waals surface area (Å²) < 4.78 is 34.3. The van der Waals surface area contributed by atoms with E-state index in [1.165, 1.54) is 4.31 Å². The van der Waals surface area contributed by atoms with Crippen LogP contribution in [0.25, 0.3) is 0 Å². The molecule has 0 aromatic carbocycles. The number of carbonyl (C=O) groups is 1. The minimum absolute atomic E-state index is 0.151. The Morgan fingerprint density at radius 2 is 1.92 bits per heavy atom. The molecule has 2 aliphatic heterocycles. The molecule has 3 rings (SSSR count). The number of piperidine rings is 1. The van der Waals surface area contributed by atoms with Crippen LogP contribution in [0.2, 0.25) is 0 Å². The molecule has 0 spiro atoms.